The molecule has 2 rings (SSSR count). The van der Waals surface area contributed by atoms with Gasteiger partial charge < -0.3 is 5.32 Å². The smallest absolute Gasteiger partial charge is 0.0837 e. The summed E-state index contributed by atoms with van der Waals surface area (Å²) in [5.41, 5.74) is 3.30. The topological polar surface area (TPSA) is 42.7 Å². The molecule has 5 heteroatoms. The quantitative estimate of drug-likeness (QED) is 0.847. The summed E-state index contributed by atoms with van der Waals surface area (Å²) in [5, 5.41) is 8.68. The first-order valence-corrected chi connectivity index (χ1v) is 7.91. The van der Waals surface area contributed by atoms with Crippen molar-refractivity contribution in [1.82, 2.24) is 20.1 Å². The van der Waals surface area contributed by atoms with Crippen LogP contribution in [0.15, 0.2) is 24.7 Å². The second-order valence-corrected chi connectivity index (χ2v) is 5.69. The third-order valence-corrected chi connectivity index (χ3v) is 3.66. The number of hydrogen-bond donors (Lipinski definition) is 1. The predicted molar refractivity (Wildman–Crippen MR) is 86.6 cm³/mol. The lowest BCUT2D eigenvalue weighted by molar-refractivity contribution is 0.511. The fourth-order valence-electron chi connectivity index (χ4n) is 2.45. The first-order valence-electron chi connectivity index (χ1n) is 7.53. The van der Waals surface area contributed by atoms with Crippen LogP contribution in [-0.4, -0.2) is 21.3 Å². The lowest BCUT2D eigenvalue weighted by Crippen LogP contribution is -2.26. The molecule has 0 saturated heterocycles. The molecule has 2 aromatic rings. The minimum Gasteiger partial charge on any atom is -0.305 e. The van der Waals surface area contributed by atoms with Gasteiger partial charge in [-0.05, 0) is 37.4 Å². The first-order chi connectivity index (χ1) is 10.2. The van der Waals surface area contributed by atoms with Crippen molar-refractivity contribution < 1.29 is 0 Å². The Morgan fingerprint density at radius 2 is 2.05 bits per heavy atom. The van der Waals surface area contributed by atoms with Crippen LogP contribution in [0, 0.1) is 6.92 Å². The van der Waals surface area contributed by atoms with Crippen molar-refractivity contribution in [2.45, 2.75) is 46.2 Å². The van der Waals surface area contributed by atoms with E-state index >= 15 is 0 Å². The van der Waals surface area contributed by atoms with Gasteiger partial charge in [-0.3, -0.25) is 9.67 Å². The van der Waals surface area contributed by atoms with Crippen LogP contribution in [-0.2, 0) is 6.54 Å². The lowest BCUT2D eigenvalue weighted by atomic mass is 10.0. The van der Waals surface area contributed by atoms with E-state index in [1.165, 1.54) is 0 Å². The Morgan fingerprint density at radius 1 is 1.24 bits per heavy atom. The van der Waals surface area contributed by atoms with E-state index in [0.717, 1.165) is 42.8 Å². The molecule has 21 heavy (non-hydrogen) atoms. The summed E-state index contributed by atoms with van der Waals surface area (Å²) < 4.78 is 2.00. The van der Waals surface area contributed by atoms with Crippen LogP contribution >= 0.6 is 11.6 Å². The van der Waals surface area contributed by atoms with Gasteiger partial charge in [-0.25, -0.2) is 0 Å². The van der Waals surface area contributed by atoms with E-state index < -0.39 is 0 Å². The maximum atomic E-state index is 6.40. The molecule has 0 aliphatic heterocycles. The molecule has 1 unspecified atom stereocenters. The van der Waals surface area contributed by atoms with Gasteiger partial charge in [-0.2, -0.15) is 5.10 Å². The molecular weight excluding hydrogens is 284 g/mol. The molecule has 0 radical (unpaired) electrons. The van der Waals surface area contributed by atoms with Crippen molar-refractivity contribution in [2.24, 2.45) is 0 Å². The Labute approximate surface area is 131 Å². The summed E-state index contributed by atoms with van der Waals surface area (Å²) in [6.07, 6.45) is 7.59. The molecule has 0 aliphatic rings. The Bertz CT molecular complexity index is 579. The number of nitrogens with zero attached hydrogens (tertiary/aromatic N) is 3. The van der Waals surface area contributed by atoms with Gasteiger partial charge in [0.2, 0.25) is 0 Å². The predicted octanol–water partition coefficient (Wildman–Crippen LogP) is 3.74. The van der Waals surface area contributed by atoms with Gasteiger partial charge in [0.05, 0.1) is 23.0 Å². The maximum absolute atomic E-state index is 6.40. The second-order valence-electron chi connectivity index (χ2n) is 5.28. The number of rotatable bonds is 7. The molecule has 0 amide bonds. The normalized spacial score (nSPS) is 12.6. The minimum atomic E-state index is 0.0268. The van der Waals surface area contributed by atoms with Crippen LogP contribution in [0.3, 0.4) is 0 Å². The molecule has 4 nitrogen and oxygen atoms in total. The van der Waals surface area contributed by atoms with Gasteiger partial charge >= 0.3 is 0 Å². The van der Waals surface area contributed by atoms with Crippen molar-refractivity contribution in [3.8, 4) is 0 Å². The zero-order chi connectivity index (χ0) is 15.2. The van der Waals surface area contributed by atoms with Crippen LogP contribution in [0.5, 0.6) is 0 Å². The number of nitrogens with one attached hydrogen (secondary N) is 1. The van der Waals surface area contributed by atoms with Crippen molar-refractivity contribution in [1.29, 1.82) is 0 Å². The van der Waals surface area contributed by atoms with E-state index in [2.05, 4.69) is 42.2 Å². The number of halogens is 1. The summed E-state index contributed by atoms with van der Waals surface area (Å²) in [6, 6.07) is 2.18. The SMILES string of the molecule is CCCNC(c1cncc(C)c1)c1c(Cl)cnn1CCC. The monoisotopic (exact) mass is 306 g/mol. The third-order valence-electron chi connectivity index (χ3n) is 3.37. The largest absolute Gasteiger partial charge is 0.305 e. The number of hydrogen-bond acceptors (Lipinski definition) is 3. The zero-order valence-electron chi connectivity index (χ0n) is 12.9. The molecule has 0 spiro atoms. The highest BCUT2D eigenvalue weighted by Crippen LogP contribution is 2.28. The van der Waals surface area contributed by atoms with Gasteiger partial charge in [-0.15, -0.1) is 0 Å². The van der Waals surface area contributed by atoms with Gasteiger partial charge in [-0.1, -0.05) is 31.5 Å². The molecule has 0 aliphatic carbocycles. The van der Waals surface area contributed by atoms with Gasteiger partial charge in [0.25, 0.3) is 0 Å². The Morgan fingerprint density at radius 3 is 2.71 bits per heavy atom. The molecule has 114 valence electrons. The first kappa shape index (κ1) is 16.0. The van der Waals surface area contributed by atoms with E-state index in [-0.39, 0.29) is 6.04 Å². The summed E-state index contributed by atoms with van der Waals surface area (Å²) >= 11 is 6.40. The summed E-state index contributed by atoms with van der Waals surface area (Å²) in [6.45, 7) is 8.14. The molecule has 0 bridgehead atoms. The average Bonchev–Trinajstić information content (AvgIpc) is 2.82. The van der Waals surface area contributed by atoms with E-state index in [4.69, 9.17) is 11.6 Å². The zero-order valence-corrected chi connectivity index (χ0v) is 13.7. The maximum Gasteiger partial charge on any atom is 0.0837 e. The molecule has 1 atom stereocenters. The van der Waals surface area contributed by atoms with Crippen LogP contribution in [0.2, 0.25) is 5.02 Å². The van der Waals surface area contributed by atoms with Crippen molar-refractivity contribution in [3.63, 3.8) is 0 Å². The van der Waals surface area contributed by atoms with Crippen LogP contribution < -0.4 is 5.32 Å². The molecule has 2 heterocycles. The molecule has 2 aromatic heterocycles. The summed E-state index contributed by atoms with van der Waals surface area (Å²) in [7, 11) is 0. The van der Waals surface area contributed by atoms with E-state index in [0.29, 0.717) is 5.02 Å². The van der Waals surface area contributed by atoms with Gasteiger partial charge in [0, 0.05) is 18.9 Å². The van der Waals surface area contributed by atoms with E-state index in [9.17, 15) is 0 Å². The van der Waals surface area contributed by atoms with Crippen molar-refractivity contribution in [2.75, 3.05) is 6.54 Å². The average molecular weight is 307 g/mol. The fraction of sp³-hybridized carbons (Fsp3) is 0.500. The summed E-state index contributed by atoms with van der Waals surface area (Å²) in [4.78, 5) is 4.32. The number of aromatic nitrogens is 3. The number of pyridine rings is 1. The molecule has 0 saturated carbocycles. The molecule has 1 N–H and O–H groups in total. The second kappa shape index (κ2) is 7.57. The van der Waals surface area contributed by atoms with Crippen LogP contribution in [0.4, 0.5) is 0 Å². The molecule has 0 fully saturated rings. The van der Waals surface area contributed by atoms with E-state index in [1.807, 2.05) is 17.1 Å². The summed E-state index contributed by atoms with van der Waals surface area (Å²) in [5.74, 6) is 0. The van der Waals surface area contributed by atoms with Crippen LogP contribution in [0.25, 0.3) is 0 Å². The standard InChI is InChI=1S/C16H23ClN4/c1-4-6-19-15(13-8-12(3)9-18-10-13)16-14(17)11-20-21(16)7-5-2/h8-11,15,19H,4-7H2,1-3H3. The Balaban J connectivity index is 2.42. The van der Waals surface area contributed by atoms with Gasteiger partial charge in [0.15, 0.2) is 0 Å². The highest BCUT2D eigenvalue weighted by molar-refractivity contribution is 6.31. The highest BCUT2D eigenvalue weighted by atomic mass is 35.5. The molecule has 0 aromatic carbocycles. The van der Waals surface area contributed by atoms with E-state index in [1.54, 1.807) is 6.20 Å². The van der Waals surface area contributed by atoms with Gasteiger partial charge in [0.1, 0.15) is 0 Å². The minimum absolute atomic E-state index is 0.0268. The lowest BCUT2D eigenvalue weighted by Gasteiger charge is -2.21. The Hall–Kier alpha value is -1.39. The third kappa shape index (κ3) is 3.83. The highest BCUT2D eigenvalue weighted by Gasteiger charge is 2.21. The van der Waals surface area contributed by atoms with Crippen molar-refractivity contribution in [3.05, 3.63) is 46.5 Å². The fourth-order valence-corrected chi connectivity index (χ4v) is 2.70. The number of aryl methyl sites for hydroxylation is 2. The van der Waals surface area contributed by atoms with Crippen molar-refractivity contribution >= 4 is 11.6 Å². The molecular formula is C16H23ClN4. The van der Waals surface area contributed by atoms with Crippen LogP contribution in [0.1, 0.15) is 49.6 Å². The Kier molecular flexibility index (Phi) is 5.76.